The van der Waals surface area contributed by atoms with E-state index < -0.39 is 0 Å². The lowest BCUT2D eigenvalue weighted by molar-refractivity contribution is 0.0689. The third-order valence-corrected chi connectivity index (χ3v) is 3.60. The minimum Gasteiger partial charge on any atom is -0.497 e. The number of hydrogen-bond acceptors (Lipinski definition) is 5. The number of hydrogen-bond donors (Lipinski definition) is 2. The van der Waals surface area contributed by atoms with Crippen LogP contribution in [0.4, 0.5) is 0 Å². The monoisotopic (exact) mass is 367 g/mol. The van der Waals surface area contributed by atoms with Crippen LogP contribution < -0.4 is 20.1 Å². The second-order valence-corrected chi connectivity index (χ2v) is 5.80. The zero-order chi connectivity index (χ0) is 19.0. The SMILES string of the molecule is CN=C(NCCCCOCCOC)NCC(C)Oc1cccc(OC)c1. The quantitative estimate of drug-likeness (QED) is 0.316. The molecule has 0 aliphatic carbocycles. The van der Waals surface area contributed by atoms with Gasteiger partial charge in [0.05, 0.1) is 26.9 Å². The van der Waals surface area contributed by atoms with E-state index in [1.54, 1.807) is 21.3 Å². The Morgan fingerprint density at radius 1 is 1.08 bits per heavy atom. The number of aliphatic imine (C=N–C) groups is 1. The largest absolute Gasteiger partial charge is 0.497 e. The maximum Gasteiger partial charge on any atom is 0.191 e. The van der Waals surface area contributed by atoms with E-state index in [1.807, 2.05) is 31.2 Å². The molecular weight excluding hydrogens is 334 g/mol. The normalized spacial score (nSPS) is 12.5. The molecule has 2 N–H and O–H groups in total. The van der Waals surface area contributed by atoms with Gasteiger partial charge < -0.3 is 29.6 Å². The first kappa shape index (κ1) is 22.1. The van der Waals surface area contributed by atoms with Crippen LogP contribution in [0, 0.1) is 0 Å². The van der Waals surface area contributed by atoms with Crippen LogP contribution in [0.3, 0.4) is 0 Å². The molecule has 1 atom stereocenters. The molecule has 7 heteroatoms. The fourth-order valence-electron chi connectivity index (χ4n) is 2.19. The van der Waals surface area contributed by atoms with Gasteiger partial charge in [-0.05, 0) is 31.9 Å². The van der Waals surface area contributed by atoms with E-state index in [-0.39, 0.29) is 6.10 Å². The molecule has 0 aliphatic rings. The van der Waals surface area contributed by atoms with Crippen molar-refractivity contribution < 1.29 is 18.9 Å². The number of nitrogens with zero attached hydrogens (tertiary/aromatic N) is 1. The fraction of sp³-hybridized carbons (Fsp3) is 0.632. The number of rotatable bonds is 13. The van der Waals surface area contributed by atoms with E-state index >= 15 is 0 Å². The summed E-state index contributed by atoms with van der Waals surface area (Å²) in [5.74, 6) is 2.34. The minimum absolute atomic E-state index is 0.00478. The molecule has 7 nitrogen and oxygen atoms in total. The first-order valence-electron chi connectivity index (χ1n) is 9.01. The Bertz CT molecular complexity index is 511. The van der Waals surface area contributed by atoms with Crippen LogP contribution >= 0.6 is 0 Å². The highest BCUT2D eigenvalue weighted by atomic mass is 16.5. The maximum absolute atomic E-state index is 5.89. The van der Waals surface area contributed by atoms with Crippen molar-refractivity contribution in [2.75, 3.05) is 54.2 Å². The van der Waals surface area contributed by atoms with E-state index in [0.717, 1.165) is 43.5 Å². The number of benzene rings is 1. The summed E-state index contributed by atoms with van der Waals surface area (Å²) in [7, 11) is 5.08. The van der Waals surface area contributed by atoms with Crippen LogP contribution in [0.5, 0.6) is 11.5 Å². The van der Waals surface area contributed by atoms with Crippen LogP contribution in [0.15, 0.2) is 29.3 Å². The summed E-state index contributed by atoms with van der Waals surface area (Å²) in [5, 5.41) is 6.56. The molecule has 1 unspecified atom stereocenters. The molecule has 1 rings (SSSR count). The second-order valence-electron chi connectivity index (χ2n) is 5.80. The molecule has 0 saturated heterocycles. The molecule has 0 radical (unpaired) electrons. The van der Waals surface area contributed by atoms with Crippen molar-refractivity contribution in [1.82, 2.24) is 10.6 Å². The summed E-state index contributed by atoms with van der Waals surface area (Å²) in [6, 6.07) is 7.59. The van der Waals surface area contributed by atoms with Gasteiger partial charge in [0.2, 0.25) is 0 Å². The summed E-state index contributed by atoms with van der Waals surface area (Å²) in [5.41, 5.74) is 0. The summed E-state index contributed by atoms with van der Waals surface area (Å²) in [6.07, 6.45) is 2.02. The molecule has 0 aromatic heterocycles. The van der Waals surface area contributed by atoms with E-state index in [0.29, 0.717) is 19.8 Å². The zero-order valence-electron chi connectivity index (χ0n) is 16.4. The van der Waals surface area contributed by atoms with E-state index in [2.05, 4.69) is 15.6 Å². The number of unbranched alkanes of at least 4 members (excludes halogenated alkanes) is 1. The van der Waals surface area contributed by atoms with Gasteiger partial charge in [0.15, 0.2) is 5.96 Å². The van der Waals surface area contributed by atoms with Gasteiger partial charge >= 0.3 is 0 Å². The molecule has 0 bridgehead atoms. The topological polar surface area (TPSA) is 73.3 Å². The molecule has 0 fully saturated rings. The van der Waals surface area contributed by atoms with Crippen LogP contribution in [-0.2, 0) is 9.47 Å². The van der Waals surface area contributed by atoms with Gasteiger partial charge in [0.25, 0.3) is 0 Å². The third kappa shape index (κ3) is 10.1. The van der Waals surface area contributed by atoms with Gasteiger partial charge in [0, 0.05) is 33.4 Å². The van der Waals surface area contributed by atoms with Crippen LogP contribution in [0.1, 0.15) is 19.8 Å². The standard InChI is InChI=1S/C19H33N3O4/c1-16(26-18-9-7-8-17(14-18)24-4)15-22-19(20-2)21-10-5-6-11-25-13-12-23-3/h7-9,14,16H,5-6,10-13,15H2,1-4H3,(H2,20,21,22). The maximum atomic E-state index is 5.89. The minimum atomic E-state index is -0.00478. The molecule has 148 valence electrons. The Balaban J connectivity index is 2.16. The highest BCUT2D eigenvalue weighted by molar-refractivity contribution is 5.79. The van der Waals surface area contributed by atoms with E-state index in [9.17, 15) is 0 Å². The zero-order valence-corrected chi connectivity index (χ0v) is 16.4. The van der Waals surface area contributed by atoms with Crippen molar-refractivity contribution in [2.45, 2.75) is 25.9 Å². The van der Waals surface area contributed by atoms with Gasteiger partial charge in [-0.2, -0.15) is 0 Å². The Morgan fingerprint density at radius 3 is 2.62 bits per heavy atom. The highest BCUT2D eigenvalue weighted by Gasteiger charge is 2.06. The number of methoxy groups -OCH3 is 2. The Labute approximate surface area is 157 Å². The lowest BCUT2D eigenvalue weighted by Crippen LogP contribution is -2.42. The van der Waals surface area contributed by atoms with Gasteiger partial charge in [0.1, 0.15) is 17.6 Å². The summed E-state index contributed by atoms with van der Waals surface area (Å²) in [6.45, 7) is 5.55. The predicted octanol–water partition coefficient (Wildman–Crippen LogP) is 2.07. The van der Waals surface area contributed by atoms with Crippen molar-refractivity contribution >= 4 is 5.96 Å². The van der Waals surface area contributed by atoms with Crippen molar-refractivity contribution in [1.29, 1.82) is 0 Å². The van der Waals surface area contributed by atoms with Crippen molar-refractivity contribution in [2.24, 2.45) is 4.99 Å². The highest BCUT2D eigenvalue weighted by Crippen LogP contribution is 2.19. The lowest BCUT2D eigenvalue weighted by atomic mass is 10.3. The average molecular weight is 367 g/mol. The number of nitrogens with one attached hydrogen (secondary N) is 2. The second kappa shape index (κ2) is 14.2. The summed E-state index contributed by atoms with van der Waals surface area (Å²) in [4.78, 5) is 4.22. The fourth-order valence-corrected chi connectivity index (χ4v) is 2.19. The third-order valence-electron chi connectivity index (χ3n) is 3.60. The summed E-state index contributed by atoms with van der Waals surface area (Å²) >= 11 is 0. The molecule has 0 aliphatic heterocycles. The number of ether oxygens (including phenoxy) is 4. The van der Waals surface area contributed by atoms with Gasteiger partial charge in [-0.1, -0.05) is 6.07 Å². The molecule has 1 aromatic rings. The van der Waals surface area contributed by atoms with Crippen LogP contribution in [0.2, 0.25) is 0 Å². The number of guanidine groups is 1. The van der Waals surface area contributed by atoms with E-state index in [4.69, 9.17) is 18.9 Å². The van der Waals surface area contributed by atoms with Crippen molar-refractivity contribution in [3.8, 4) is 11.5 Å². The molecule has 0 saturated carbocycles. The molecular formula is C19H33N3O4. The van der Waals surface area contributed by atoms with Crippen molar-refractivity contribution in [3.05, 3.63) is 24.3 Å². The lowest BCUT2D eigenvalue weighted by Gasteiger charge is -2.18. The first-order chi connectivity index (χ1) is 12.7. The van der Waals surface area contributed by atoms with Gasteiger partial charge in [-0.25, -0.2) is 0 Å². The van der Waals surface area contributed by atoms with E-state index in [1.165, 1.54) is 0 Å². The average Bonchev–Trinajstić information content (AvgIpc) is 2.66. The van der Waals surface area contributed by atoms with Crippen LogP contribution in [0.25, 0.3) is 0 Å². The predicted molar refractivity (Wildman–Crippen MR) is 104 cm³/mol. The molecule has 0 spiro atoms. The Hall–Kier alpha value is -1.99. The van der Waals surface area contributed by atoms with Crippen molar-refractivity contribution in [3.63, 3.8) is 0 Å². The Morgan fingerprint density at radius 2 is 1.88 bits per heavy atom. The first-order valence-corrected chi connectivity index (χ1v) is 9.01. The summed E-state index contributed by atoms with van der Waals surface area (Å²) < 4.78 is 21.5. The van der Waals surface area contributed by atoms with Crippen LogP contribution in [-0.4, -0.2) is 66.2 Å². The molecule has 0 heterocycles. The van der Waals surface area contributed by atoms with Gasteiger partial charge in [-0.15, -0.1) is 0 Å². The molecule has 1 aromatic carbocycles. The Kier molecular flexibility index (Phi) is 12.1. The smallest absolute Gasteiger partial charge is 0.191 e. The molecule has 0 amide bonds. The van der Waals surface area contributed by atoms with Gasteiger partial charge in [-0.3, -0.25) is 4.99 Å². The molecule has 26 heavy (non-hydrogen) atoms.